The molecular formula is C30H58N2. The molecule has 0 aromatic carbocycles. The predicted molar refractivity (Wildman–Crippen MR) is 141 cm³/mol. The van der Waals surface area contributed by atoms with Crippen LogP contribution in [0.3, 0.4) is 0 Å². The largest absolute Gasteiger partial charge is 0.316 e. The van der Waals surface area contributed by atoms with Gasteiger partial charge in [-0.15, -0.1) is 0 Å². The molecule has 0 atom stereocenters. The van der Waals surface area contributed by atoms with E-state index in [1.54, 1.807) is 0 Å². The maximum Gasteiger partial charge on any atom is 0.0132 e. The molecule has 1 aliphatic carbocycles. The van der Waals surface area contributed by atoms with Gasteiger partial charge in [0, 0.05) is 24.2 Å². The molecule has 2 heteroatoms. The summed E-state index contributed by atoms with van der Waals surface area (Å²) in [5, 5.41) is 7.65. The van der Waals surface area contributed by atoms with E-state index in [2.05, 4.69) is 93.7 Å². The van der Waals surface area contributed by atoms with Crippen LogP contribution in [0.25, 0.3) is 0 Å². The van der Waals surface area contributed by atoms with E-state index in [0.29, 0.717) is 21.7 Å². The summed E-state index contributed by atoms with van der Waals surface area (Å²) < 4.78 is 0. The predicted octanol–water partition coefficient (Wildman–Crippen LogP) is 7.67. The molecule has 0 unspecified atom stereocenters. The summed E-state index contributed by atoms with van der Waals surface area (Å²) in [6.45, 7) is 32.5. The van der Waals surface area contributed by atoms with Crippen LogP contribution in [0.4, 0.5) is 0 Å². The lowest BCUT2D eigenvalue weighted by atomic mass is 9.47. The first-order chi connectivity index (χ1) is 14.3. The van der Waals surface area contributed by atoms with Gasteiger partial charge in [-0.05, 0) is 112 Å². The van der Waals surface area contributed by atoms with E-state index in [1.165, 1.54) is 38.5 Å². The Balaban J connectivity index is 1.72. The van der Waals surface area contributed by atoms with Gasteiger partial charge >= 0.3 is 0 Å². The topological polar surface area (TPSA) is 24.1 Å². The van der Waals surface area contributed by atoms with Crippen LogP contribution in [0.1, 0.15) is 122 Å². The molecule has 0 bridgehead atoms. The van der Waals surface area contributed by atoms with Crippen LogP contribution in [-0.2, 0) is 0 Å². The van der Waals surface area contributed by atoms with Crippen molar-refractivity contribution < 1.29 is 0 Å². The average molecular weight is 447 g/mol. The highest BCUT2D eigenvalue weighted by Gasteiger charge is 2.54. The van der Waals surface area contributed by atoms with Gasteiger partial charge in [0.25, 0.3) is 0 Å². The van der Waals surface area contributed by atoms with Crippen molar-refractivity contribution in [2.45, 2.75) is 133 Å². The molecule has 3 aliphatic rings. The highest BCUT2D eigenvalue weighted by Crippen LogP contribution is 2.59. The van der Waals surface area contributed by atoms with Gasteiger partial charge in [0.05, 0.1) is 0 Å². The second-order valence-electron chi connectivity index (χ2n) is 16.2. The Morgan fingerprint density at radius 3 is 1.34 bits per heavy atom. The Morgan fingerprint density at radius 2 is 0.938 bits per heavy atom. The lowest BCUT2D eigenvalue weighted by Gasteiger charge is -2.60. The smallest absolute Gasteiger partial charge is 0.0132 e. The Bertz CT molecular complexity index is 626. The summed E-state index contributed by atoms with van der Waals surface area (Å²) in [4.78, 5) is 0. The molecule has 0 amide bonds. The first-order valence-corrected chi connectivity index (χ1v) is 13.8. The molecule has 0 spiro atoms. The number of piperidine rings is 2. The van der Waals surface area contributed by atoms with Crippen molar-refractivity contribution in [2.24, 2.45) is 45.3 Å². The molecule has 3 fully saturated rings. The van der Waals surface area contributed by atoms with Gasteiger partial charge in [0.1, 0.15) is 0 Å². The lowest BCUT2D eigenvalue weighted by molar-refractivity contribution is -0.0955. The van der Waals surface area contributed by atoms with Crippen LogP contribution in [0.2, 0.25) is 0 Å². The van der Waals surface area contributed by atoms with Crippen LogP contribution in [0, 0.1) is 45.3 Å². The van der Waals surface area contributed by atoms with E-state index >= 15 is 0 Å². The number of hydrogen-bond donors (Lipinski definition) is 2. The third-order valence-electron chi connectivity index (χ3n) is 10.5. The van der Waals surface area contributed by atoms with Crippen LogP contribution >= 0.6 is 0 Å². The highest BCUT2D eigenvalue weighted by molar-refractivity contribution is 5.06. The number of nitrogens with one attached hydrogen (secondary N) is 2. The first-order valence-electron chi connectivity index (χ1n) is 13.8. The molecule has 1 saturated carbocycles. The minimum Gasteiger partial charge on any atom is -0.316 e. The van der Waals surface area contributed by atoms with Gasteiger partial charge < -0.3 is 10.6 Å². The van der Waals surface area contributed by atoms with Gasteiger partial charge in [0.2, 0.25) is 0 Å². The molecule has 2 aliphatic heterocycles. The minimum atomic E-state index is 0.245. The molecule has 32 heavy (non-hydrogen) atoms. The Labute approximate surface area is 201 Å². The quantitative estimate of drug-likeness (QED) is 0.463. The standard InChI is InChI=1S/C30H58N2/c1-25(2)19-31-20-26(3,4)24(25)30(11,12)22-15-13-21(14-16-22)29(9,10)23-17-27(5,6)32-28(7,8)18-23/h21-24,31-32H,13-20H2,1-12H3. The summed E-state index contributed by atoms with van der Waals surface area (Å²) in [7, 11) is 0. The fourth-order valence-corrected chi connectivity index (χ4v) is 9.98. The van der Waals surface area contributed by atoms with E-state index in [9.17, 15) is 0 Å². The summed E-state index contributed by atoms with van der Waals surface area (Å²) in [5.74, 6) is 3.30. The number of hydrogen-bond acceptors (Lipinski definition) is 2. The molecule has 2 N–H and O–H groups in total. The summed E-state index contributed by atoms with van der Waals surface area (Å²) >= 11 is 0. The van der Waals surface area contributed by atoms with Crippen molar-refractivity contribution in [3.8, 4) is 0 Å². The second-order valence-corrected chi connectivity index (χ2v) is 16.2. The Kier molecular flexibility index (Phi) is 6.84. The first kappa shape index (κ1) is 26.5. The van der Waals surface area contributed by atoms with Crippen molar-refractivity contribution >= 4 is 0 Å². The van der Waals surface area contributed by atoms with E-state index in [1.807, 2.05) is 0 Å². The zero-order valence-corrected chi connectivity index (χ0v) is 24.0. The molecule has 0 aromatic rings. The normalized spacial score (nSPS) is 33.8. The fourth-order valence-electron chi connectivity index (χ4n) is 9.98. The summed E-state index contributed by atoms with van der Waals surface area (Å²) in [6, 6.07) is 0. The SMILES string of the molecule is CC1(C)CC(C(C)(C)C2CCC(C(C)(C)C3C(C)(C)CNCC3(C)C)CC2)CC(C)(C)N1. The lowest BCUT2D eigenvalue weighted by Crippen LogP contribution is -2.60. The van der Waals surface area contributed by atoms with Gasteiger partial charge in [0.15, 0.2) is 0 Å². The van der Waals surface area contributed by atoms with Crippen LogP contribution < -0.4 is 10.6 Å². The van der Waals surface area contributed by atoms with Crippen molar-refractivity contribution in [3.05, 3.63) is 0 Å². The van der Waals surface area contributed by atoms with Gasteiger partial charge in [-0.1, -0.05) is 55.4 Å². The zero-order chi connectivity index (χ0) is 24.4. The molecule has 188 valence electrons. The van der Waals surface area contributed by atoms with E-state index in [4.69, 9.17) is 0 Å². The van der Waals surface area contributed by atoms with Gasteiger partial charge in [-0.25, -0.2) is 0 Å². The van der Waals surface area contributed by atoms with Crippen molar-refractivity contribution in [1.82, 2.24) is 10.6 Å². The highest BCUT2D eigenvalue weighted by atomic mass is 15.0. The van der Waals surface area contributed by atoms with E-state index in [-0.39, 0.29) is 11.1 Å². The van der Waals surface area contributed by atoms with Crippen LogP contribution in [0.5, 0.6) is 0 Å². The van der Waals surface area contributed by atoms with Crippen LogP contribution in [-0.4, -0.2) is 24.2 Å². The van der Waals surface area contributed by atoms with E-state index < -0.39 is 0 Å². The Morgan fingerprint density at radius 1 is 0.562 bits per heavy atom. The summed E-state index contributed by atoms with van der Waals surface area (Å²) in [6.07, 6.45) is 8.33. The minimum absolute atomic E-state index is 0.245. The molecule has 3 rings (SSSR count). The number of rotatable bonds is 4. The monoisotopic (exact) mass is 446 g/mol. The molecular weight excluding hydrogens is 388 g/mol. The van der Waals surface area contributed by atoms with Crippen LogP contribution in [0.15, 0.2) is 0 Å². The molecule has 2 nitrogen and oxygen atoms in total. The molecule has 2 heterocycles. The van der Waals surface area contributed by atoms with Gasteiger partial charge in [-0.3, -0.25) is 0 Å². The van der Waals surface area contributed by atoms with Crippen molar-refractivity contribution in [1.29, 1.82) is 0 Å². The van der Waals surface area contributed by atoms with Crippen molar-refractivity contribution in [3.63, 3.8) is 0 Å². The zero-order valence-electron chi connectivity index (χ0n) is 24.0. The maximum absolute atomic E-state index is 3.91. The maximum atomic E-state index is 3.91. The third kappa shape index (κ3) is 5.12. The van der Waals surface area contributed by atoms with Crippen molar-refractivity contribution in [2.75, 3.05) is 13.1 Å². The third-order valence-corrected chi connectivity index (χ3v) is 10.5. The fraction of sp³-hybridized carbons (Fsp3) is 1.00. The Hall–Kier alpha value is -0.0800. The van der Waals surface area contributed by atoms with E-state index in [0.717, 1.165) is 36.8 Å². The molecule has 0 aromatic heterocycles. The summed E-state index contributed by atoms with van der Waals surface area (Å²) in [5.41, 5.74) is 2.02. The molecule has 2 saturated heterocycles. The second kappa shape index (κ2) is 8.25. The van der Waals surface area contributed by atoms with Gasteiger partial charge in [-0.2, -0.15) is 0 Å². The molecule has 0 radical (unpaired) electrons. The average Bonchev–Trinajstić information content (AvgIpc) is 2.57.